The zero-order chi connectivity index (χ0) is 27.3. The molecule has 0 aromatic heterocycles. The van der Waals surface area contributed by atoms with E-state index in [1.807, 2.05) is 32.9 Å². The molecule has 1 atom stereocenters. The van der Waals surface area contributed by atoms with Crippen LogP contribution >= 0.6 is 11.6 Å². The summed E-state index contributed by atoms with van der Waals surface area (Å²) >= 11 is 6.11. The van der Waals surface area contributed by atoms with Gasteiger partial charge in [0, 0.05) is 44.0 Å². The summed E-state index contributed by atoms with van der Waals surface area (Å²) in [4.78, 5) is 31.0. The third-order valence-electron chi connectivity index (χ3n) is 6.75. The van der Waals surface area contributed by atoms with Crippen LogP contribution in [0, 0.1) is 11.2 Å². The maximum absolute atomic E-state index is 13.8. The van der Waals surface area contributed by atoms with Gasteiger partial charge in [-0.25, -0.2) is 9.40 Å². The van der Waals surface area contributed by atoms with Crippen molar-refractivity contribution in [3.63, 3.8) is 0 Å². The standard InChI is InChI=1S/C29H36ClFN4O3/c1-29(2,3)19-27(36)34(13-12-33-14-16-38-17-15-33)20-28(37)35-26(22-4-8-23(30)9-5-22)18-25(32-35)21-6-10-24(31)11-7-21/h4-11,26H,12-20H2,1-3H3/t26-/m0/s1. The Labute approximate surface area is 229 Å². The number of carbonyl (C=O) groups excluding carboxylic acids is 2. The summed E-state index contributed by atoms with van der Waals surface area (Å²) in [7, 11) is 0. The number of morpholine rings is 1. The van der Waals surface area contributed by atoms with E-state index in [1.54, 1.807) is 29.2 Å². The van der Waals surface area contributed by atoms with E-state index < -0.39 is 0 Å². The topological polar surface area (TPSA) is 65.5 Å². The molecule has 0 radical (unpaired) electrons. The van der Waals surface area contributed by atoms with E-state index in [-0.39, 0.29) is 35.6 Å². The Hall–Kier alpha value is -2.81. The van der Waals surface area contributed by atoms with Crippen LogP contribution < -0.4 is 0 Å². The van der Waals surface area contributed by atoms with Crippen molar-refractivity contribution < 1.29 is 18.7 Å². The fourth-order valence-corrected chi connectivity index (χ4v) is 4.81. The van der Waals surface area contributed by atoms with Crippen LogP contribution in [0.1, 0.15) is 50.8 Å². The Kier molecular flexibility index (Phi) is 9.18. The number of rotatable bonds is 8. The summed E-state index contributed by atoms with van der Waals surface area (Å²) in [5.74, 6) is -0.641. The summed E-state index contributed by atoms with van der Waals surface area (Å²) in [6, 6.07) is 13.1. The second-order valence-corrected chi connectivity index (χ2v) is 11.5. The average molecular weight is 543 g/mol. The summed E-state index contributed by atoms with van der Waals surface area (Å²) in [5, 5.41) is 6.77. The third-order valence-corrected chi connectivity index (χ3v) is 7.00. The van der Waals surface area contributed by atoms with Crippen molar-refractivity contribution in [2.45, 2.75) is 39.7 Å². The Bertz CT molecular complexity index is 1140. The number of hydrogen-bond acceptors (Lipinski definition) is 5. The van der Waals surface area contributed by atoms with Crippen LogP contribution in [0.2, 0.25) is 5.02 Å². The number of benzene rings is 2. The smallest absolute Gasteiger partial charge is 0.262 e. The van der Waals surface area contributed by atoms with Gasteiger partial charge in [-0.15, -0.1) is 0 Å². The minimum absolute atomic E-state index is 0.0518. The van der Waals surface area contributed by atoms with E-state index in [1.165, 1.54) is 17.1 Å². The second-order valence-electron chi connectivity index (χ2n) is 11.1. The molecule has 2 aliphatic heterocycles. The Balaban J connectivity index is 1.56. The van der Waals surface area contributed by atoms with Gasteiger partial charge in [0.15, 0.2) is 0 Å². The number of ether oxygens (including phenoxy) is 1. The normalized spacial score (nSPS) is 18.4. The highest BCUT2D eigenvalue weighted by molar-refractivity contribution is 6.30. The minimum atomic E-state index is -0.348. The molecule has 204 valence electrons. The van der Waals surface area contributed by atoms with Crippen LogP contribution in [0.5, 0.6) is 0 Å². The van der Waals surface area contributed by atoms with Crippen molar-refractivity contribution in [2.75, 3.05) is 45.9 Å². The molecule has 0 unspecified atom stereocenters. The second kappa shape index (κ2) is 12.4. The molecule has 1 saturated heterocycles. The van der Waals surface area contributed by atoms with Crippen LogP contribution in [0.25, 0.3) is 0 Å². The van der Waals surface area contributed by atoms with Gasteiger partial charge >= 0.3 is 0 Å². The van der Waals surface area contributed by atoms with Crippen molar-refractivity contribution >= 4 is 29.1 Å². The van der Waals surface area contributed by atoms with Crippen LogP contribution in [0.4, 0.5) is 4.39 Å². The van der Waals surface area contributed by atoms with Gasteiger partial charge in [0.1, 0.15) is 12.4 Å². The van der Waals surface area contributed by atoms with Gasteiger partial charge in [0.25, 0.3) is 5.91 Å². The van der Waals surface area contributed by atoms with Gasteiger partial charge in [-0.1, -0.05) is 56.6 Å². The predicted molar refractivity (Wildman–Crippen MR) is 147 cm³/mol. The molecule has 7 nitrogen and oxygen atoms in total. The summed E-state index contributed by atoms with van der Waals surface area (Å²) < 4.78 is 19.0. The molecule has 2 heterocycles. The number of hydrogen-bond donors (Lipinski definition) is 0. The first-order chi connectivity index (χ1) is 18.1. The SMILES string of the molecule is CC(C)(C)CC(=O)N(CCN1CCOCC1)CC(=O)N1N=C(c2ccc(F)cc2)C[C@H]1c1ccc(Cl)cc1. The summed E-state index contributed by atoms with van der Waals surface area (Å²) in [6.07, 6.45) is 0.816. The lowest BCUT2D eigenvalue weighted by atomic mass is 9.91. The summed E-state index contributed by atoms with van der Waals surface area (Å²) in [6.45, 7) is 10.1. The first-order valence-electron chi connectivity index (χ1n) is 13.1. The molecular formula is C29H36ClFN4O3. The minimum Gasteiger partial charge on any atom is -0.379 e. The highest BCUT2D eigenvalue weighted by atomic mass is 35.5. The van der Waals surface area contributed by atoms with Gasteiger partial charge < -0.3 is 9.64 Å². The average Bonchev–Trinajstić information content (AvgIpc) is 3.32. The fraction of sp³-hybridized carbons (Fsp3) is 0.483. The van der Waals surface area contributed by atoms with Crippen LogP contribution in [-0.2, 0) is 14.3 Å². The molecule has 2 aliphatic rings. The van der Waals surface area contributed by atoms with Crippen molar-refractivity contribution in [3.8, 4) is 0 Å². The number of amides is 2. The zero-order valence-corrected chi connectivity index (χ0v) is 23.1. The lowest BCUT2D eigenvalue weighted by Gasteiger charge is -2.32. The number of nitrogens with zero attached hydrogens (tertiary/aromatic N) is 4. The van der Waals surface area contributed by atoms with Gasteiger partial charge in [-0.3, -0.25) is 14.5 Å². The molecule has 2 aromatic carbocycles. The maximum atomic E-state index is 13.8. The molecule has 0 spiro atoms. The lowest BCUT2D eigenvalue weighted by Crippen LogP contribution is -2.47. The molecule has 2 amide bonds. The summed E-state index contributed by atoms with van der Waals surface area (Å²) in [5.41, 5.74) is 2.14. The van der Waals surface area contributed by atoms with Crippen molar-refractivity contribution in [2.24, 2.45) is 10.5 Å². The monoisotopic (exact) mass is 542 g/mol. The quantitative estimate of drug-likeness (QED) is 0.483. The van der Waals surface area contributed by atoms with E-state index in [4.69, 9.17) is 16.3 Å². The van der Waals surface area contributed by atoms with Gasteiger partial charge in [0.2, 0.25) is 5.91 Å². The molecule has 2 aromatic rings. The van der Waals surface area contributed by atoms with Crippen LogP contribution in [-0.4, -0.2) is 78.3 Å². The number of carbonyl (C=O) groups is 2. The van der Waals surface area contributed by atoms with Crippen LogP contribution in [0.3, 0.4) is 0 Å². The largest absolute Gasteiger partial charge is 0.379 e. The van der Waals surface area contributed by atoms with E-state index in [9.17, 15) is 14.0 Å². The van der Waals surface area contributed by atoms with Crippen molar-refractivity contribution in [1.82, 2.24) is 14.8 Å². The molecule has 0 aliphatic carbocycles. The predicted octanol–water partition coefficient (Wildman–Crippen LogP) is 4.75. The molecule has 9 heteroatoms. The van der Waals surface area contributed by atoms with Crippen molar-refractivity contribution in [3.05, 3.63) is 70.5 Å². The van der Waals surface area contributed by atoms with Gasteiger partial charge in [-0.2, -0.15) is 5.10 Å². The van der Waals surface area contributed by atoms with E-state index in [0.717, 1.165) is 24.2 Å². The first-order valence-corrected chi connectivity index (χ1v) is 13.5. The number of hydrazone groups is 1. The Morgan fingerprint density at radius 2 is 1.74 bits per heavy atom. The molecule has 4 rings (SSSR count). The zero-order valence-electron chi connectivity index (χ0n) is 22.3. The van der Waals surface area contributed by atoms with E-state index in [2.05, 4.69) is 10.0 Å². The maximum Gasteiger partial charge on any atom is 0.262 e. The lowest BCUT2D eigenvalue weighted by molar-refractivity contribution is -0.142. The van der Waals surface area contributed by atoms with Gasteiger partial charge in [-0.05, 0) is 40.8 Å². The molecule has 38 heavy (non-hydrogen) atoms. The third kappa shape index (κ3) is 7.62. The molecule has 0 saturated carbocycles. The first kappa shape index (κ1) is 28.2. The number of halogens is 2. The van der Waals surface area contributed by atoms with Crippen molar-refractivity contribution in [1.29, 1.82) is 0 Å². The molecule has 0 N–H and O–H groups in total. The highest BCUT2D eigenvalue weighted by Gasteiger charge is 2.35. The Morgan fingerprint density at radius 1 is 1.08 bits per heavy atom. The van der Waals surface area contributed by atoms with E-state index >= 15 is 0 Å². The molecule has 0 bridgehead atoms. The molecule has 1 fully saturated rings. The molecular weight excluding hydrogens is 507 g/mol. The van der Waals surface area contributed by atoms with E-state index in [0.29, 0.717) is 49.9 Å². The highest BCUT2D eigenvalue weighted by Crippen LogP contribution is 2.33. The van der Waals surface area contributed by atoms with Gasteiger partial charge in [0.05, 0.1) is 25.0 Å². The fourth-order valence-electron chi connectivity index (χ4n) is 4.68. The Morgan fingerprint density at radius 3 is 2.37 bits per heavy atom. The van der Waals surface area contributed by atoms with Crippen LogP contribution in [0.15, 0.2) is 53.6 Å².